The number of carbonyl (C=O) groups excluding carboxylic acids is 1. The van der Waals surface area contributed by atoms with Crippen LogP contribution in [0, 0.1) is 11.3 Å². The Labute approximate surface area is 101 Å². The van der Waals surface area contributed by atoms with Crippen LogP contribution in [-0.4, -0.2) is 5.78 Å². The molecule has 0 amide bonds. The Kier molecular flexibility index (Phi) is 2.88. The summed E-state index contributed by atoms with van der Waals surface area (Å²) in [5.74, 6) is 0.195. The standard InChI is InChI=1S/C12H6BrNO2/c13-10-11(15)9(6-7-14)16-12(10)8-4-2-1-3-5-8/h1-6H/b9-6+. The van der Waals surface area contributed by atoms with Crippen molar-refractivity contribution in [1.82, 2.24) is 0 Å². The number of allylic oxidation sites excluding steroid dienone is 2. The summed E-state index contributed by atoms with van der Waals surface area (Å²) in [7, 11) is 0. The van der Waals surface area contributed by atoms with Gasteiger partial charge in [-0.2, -0.15) is 5.26 Å². The van der Waals surface area contributed by atoms with Crippen LogP contribution in [0.5, 0.6) is 0 Å². The average Bonchev–Trinajstić information content (AvgIpc) is 2.59. The van der Waals surface area contributed by atoms with Crippen molar-refractivity contribution >= 4 is 27.5 Å². The fourth-order valence-electron chi connectivity index (χ4n) is 1.34. The van der Waals surface area contributed by atoms with Gasteiger partial charge in [-0.05, 0) is 15.9 Å². The van der Waals surface area contributed by atoms with Crippen LogP contribution in [0.25, 0.3) is 5.76 Å². The Morgan fingerprint density at radius 1 is 1.31 bits per heavy atom. The maximum atomic E-state index is 11.6. The van der Waals surface area contributed by atoms with Crippen molar-refractivity contribution in [1.29, 1.82) is 5.26 Å². The van der Waals surface area contributed by atoms with Crippen LogP contribution in [0.15, 0.2) is 46.6 Å². The van der Waals surface area contributed by atoms with E-state index in [1.807, 2.05) is 30.3 Å². The molecule has 78 valence electrons. The Morgan fingerprint density at radius 3 is 2.62 bits per heavy atom. The molecular formula is C12H6BrNO2. The van der Waals surface area contributed by atoms with Crippen molar-refractivity contribution in [2.45, 2.75) is 0 Å². The number of ether oxygens (including phenoxy) is 1. The number of ketones is 1. The van der Waals surface area contributed by atoms with Gasteiger partial charge in [0.05, 0.1) is 12.1 Å². The number of nitrogens with zero attached hydrogens (tertiary/aromatic N) is 1. The summed E-state index contributed by atoms with van der Waals surface area (Å²) in [6.07, 6.45) is 1.10. The Morgan fingerprint density at radius 2 is 2.00 bits per heavy atom. The van der Waals surface area contributed by atoms with Gasteiger partial charge in [0.25, 0.3) is 0 Å². The first-order valence-corrected chi connectivity index (χ1v) is 5.31. The van der Waals surface area contributed by atoms with E-state index in [1.165, 1.54) is 0 Å². The smallest absolute Gasteiger partial charge is 0.239 e. The summed E-state index contributed by atoms with van der Waals surface area (Å²) < 4.78 is 5.68. The van der Waals surface area contributed by atoms with Gasteiger partial charge in [-0.15, -0.1) is 0 Å². The third kappa shape index (κ3) is 1.77. The molecule has 0 fully saturated rings. The molecule has 1 aliphatic rings. The van der Waals surface area contributed by atoms with Gasteiger partial charge in [0, 0.05) is 5.56 Å². The third-order valence-corrected chi connectivity index (χ3v) is 2.79. The van der Waals surface area contributed by atoms with Gasteiger partial charge in [0.1, 0.15) is 4.48 Å². The van der Waals surface area contributed by atoms with Crippen LogP contribution in [0.1, 0.15) is 5.56 Å². The van der Waals surface area contributed by atoms with Gasteiger partial charge in [-0.25, -0.2) is 0 Å². The molecule has 0 bridgehead atoms. The number of Topliss-reactive ketones (excluding diaryl/α,β-unsaturated/α-hetero) is 1. The van der Waals surface area contributed by atoms with Gasteiger partial charge < -0.3 is 4.74 Å². The molecule has 16 heavy (non-hydrogen) atoms. The summed E-state index contributed by atoms with van der Waals surface area (Å²) in [6.45, 7) is 0. The average molecular weight is 276 g/mol. The molecule has 0 spiro atoms. The third-order valence-electron chi connectivity index (χ3n) is 2.07. The molecule has 0 saturated heterocycles. The molecule has 0 unspecified atom stereocenters. The van der Waals surface area contributed by atoms with E-state index in [2.05, 4.69) is 15.9 Å². The lowest BCUT2D eigenvalue weighted by Gasteiger charge is -2.02. The van der Waals surface area contributed by atoms with Crippen LogP contribution in [0.3, 0.4) is 0 Å². The highest BCUT2D eigenvalue weighted by molar-refractivity contribution is 9.12. The maximum Gasteiger partial charge on any atom is 0.239 e. The van der Waals surface area contributed by atoms with Gasteiger partial charge >= 0.3 is 0 Å². The molecule has 0 aliphatic carbocycles. The minimum atomic E-state index is -0.305. The molecule has 1 aliphatic heterocycles. The normalized spacial score (nSPS) is 17.5. The second-order valence-electron chi connectivity index (χ2n) is 3.08. The van der Waals surface area contributed by atoms with Crippen LogP contribution in [0.4, 0.5) is 0 Å². The van der Waals surface area contributed by atoms with Gasteiger partial charge in [-0.1, -0.05) is 30.3 Å². The SMILES string of the molecule is N#C/C=C1/OC(c2ccccc2)=C(Br)C1=O. The minimum absolute atomic E-state index is 0.0493. The van der Waals surface area contributed by atoms with E-state index < -0.39 is 0 Å². The number of hydrogen-bond acceptors (Lipinski definition) is 3. The fraction of sp³-hybridized carbons (Fsp3) is 0. The van der Waals surface area contributed by atoms with Crippen LogP contribution < -0.4 is 0 Å². The van der Waals surface area contributed by atoms with E-state index in [-0.39, 0.29) is 11.5 Å². The van der Waals surface area contributed by atoms with Crippen molar-refractivity contribution in [3.8, 4) is 6.07 Å². The van der Waals surface area contributed by atoms with Crippen LogP contribution >= 0.6 is 15.9 Å². The first-order chi connectivity index (χ1) is 7.74. The first-order valence-electron chi connectivity index (χ1n) is 4.51. The zero-order valence-electron chi connectivity index (χ0n) is 8.11. The molecule has 4 heteroatoms. The molecule has 3 nitrogen and oxygen atoms in total. The fourth-order valence-corrected chi connectivity index (χ4v) is 1.85. The highest BCUT2D eigenvalue weighted by atomic mass is 79.9. The molecule has 2 rings (SSSR count). The molecule has 1 aromatic carbocycles. The molecule has 0 N–H and O–H groups in total. The number of benzene rings is 1. The molecule has 0 radical (unpaired) electrons. The van der Waals surface area contributed by atoms with E-state index in [0.29, 0.717) is 10.2 Å². The monoisotopic (exact) mass is 275 g/mol. The Balaban J connectivity index is 2.43. The van der Waals surface area contributed by atoms with E-state index in [0.717, 1.165) is 11.6 Å². The highest BCUT2D eigenvalue weighted by Crippen LogP contribution is 2.35. The van der Waals surface area contributed by atoms with Crippen LogP contribution in [0.2, 0.25) is 0 Å². The minimum Gasteiger partial charge on any atom is -0.450 e. The topological polar surface area (TPSA) is 50.1 Å². The highest BCUT2D eigenvalue weighted by Gasteiger charge is 2.29. The number of hydrogen-bond donors (Lipinski definition) is 0. The second kappa shape index (κ2) is 4.33. The Bertz CT molecular complexity index is 538. The summed E-state index contributed by atoms with van der Waals surface area (Å²) in [4.78, 5) is 11.6. The lowest BCUT2D eigenvalue weighted by atomic mass is 10.2. The molecule has 0 aromatic heterocycles. The van der Waals surface area contributed by atoms with Crippen molar-refractivity contribution in [2.75, 3.05) is 0 Å². The summed E-state index contributed by atoms with van der Waals surface area (Å²) in [6, 6.07) is 11.0. The quantitative estimate of drug-likeness (QED) is 0.585. The zero-order chi connectivity index (χ0) is 11.5. The molecule has 0 saturated carbocycles. The van der Waals surface area contributed by atoms with Crippen molar-refractivity contribution in [3.63, 3.8) is 0 Å². The predicted molar refractivity (Wildman–Crippen MR) is 62.1 cm³/mol. The van der Waals surface area contributed by atoms with Crippen molar-refractivity contribution < 1.29 is 9.53 Å². The van der Waals surface area contributed by atoms with E-state index in [1.54, 1.807) is 6.07 Å². The maximum absolute atomic E-state index is 11.6. The molecule has 0 atom stereocenters. The summed E-state index contributed by atoms with van der Waals surface area (Å²) in [5.41, 5.74) is 0.795. The first kappa shape index (κ1) is 10.7. The molecule has 1 heterocycles. The second-order valence-corrected chi connectivity index (χ2v) is 3.87. The van der Waals surface area contributed by atoms with E-state index in [4.69, 9.17) is 10.00 Å². The van der Waals surface area contributed by atoms with Gasteiger partial charge in [0.2, 0.25) is 5.78 Å². The number of carbonyl (C=O) groups is 1. The lowest BCUT2D eigenvalue weighted by molar-refractivity contribution is -0.112. The van der Waals surface area contributed by atoms with Gasteiger partial charge in [-0.3, -0.25) is 4.79 Å². The predicted octanol–water partition coefficient (Wildman–Crippen LogP) is 2.76. The van der Waals surface area contributed by atoms with E-state index >= 15 is 0 Å². The number of halogens is 1. The van der Waals surface area contributed by atoms with Crippen molar-refractivity contribution in [2.24, 2.45) is 0 Å². The molecule has 1 aromatic rings. The zero-order valence-corrected chi connectivity index (χ0v) is 9.69. The van der Waals surface area contributed by atoms with Crippen molar-refractivity contribution in [3.05, 3.63) is 52.2 Å². The number of nitriles is 1. The number of rotatable bonds is 1. The van der Waals surface area contributed by atoms with Gasteiger partial charge in [0.15, 0.2) is 11.5 Å². The van der Waals surface area contributed by atoms with Crippen LogP contribution in [-0.2, 0) is 9.53 Å². The molecular weight excluding hydrogens is 270 g/mol. The summed E-state index contributed by atoms with van der Waals surface area (Å²) >= 11 is 3.17. The lowest BCUT2D eigenvalue weighted by Crippen LogP contribution is -1.94. The van der Waals surface area contributed by atoms with E-state index in [9.17, 15) is 4.79 Å². The largest absolute Gasteiger partial charge is 0.450 e. The Hall–Kier alpha value is -1.86. The summed E-state index contributed by atoms with van der Waals surface area (Å²) in [5, 5.41) is 8.50.